The highest BCUT2D eigenvalue weighted by Crippen LogP contribution is 2.42. The van der Waals surface area contributed by atoms with E-state index < -0.39 is 14.6 Å². The molecule has 0 bridgehead atoms. The van der Waals surface area contributed by atoms with Gasteiger partial charge in [0, 0.05) is 12.5 Å². The van der Waals surface area contributed by atoms with E-state index in [1.807, 2.05) is 20.8 Å². The van der Waals surface area contributed by atoms with Crippen molar-refractivity contribution in [3.05, 3.63) is 0 Å². The number of hydrogen-bond donors (Lipinski definition) is 0. The fourth-order valence-corrected chi connectivity index (χ4v) is 4.33. The van der Waals surface area contributed by atoms with Crippen LogP contribution in [-0.4, -0.2) is 43.8 Å². The second kappa shape index (κ2) is 6.47. The summed E-state index contributed by atoms with van der Waals surface area (Å²) < 4.78 is 11.3. The van der Waals surface area contributed by atoms with Gasteiger partial charge in [-0.3, -0.25) is 0 Å². The predicted molar refractivity (Wildman–Crippen MR) is 89.3 cm³/mol. The lowest BCUT2D eigenvalue weighted by atomic mass is 9.79. The lowest BCUT2D eigenvalue weighted by Crippen LogP contribution is -2.39. The average Bonchev–Trinajstić information content (AvgIpc) is 2.90. The van der Waals surface area contributed by atoms with E-state index in [-0.39, 0.29) is 29.0 Å². The summed E-state index contributed by atoms with van der Waals surface area (Å²) in [6, 6.07) is 0.107. The van der Waals surface area contributed by atoms with Crippen LogP contribution >= 0.6 is 11.6 Å². The molecule has 1 amide bonds. The molecule has 1 saturated heterocycles. The van der Waals surface area contributed by atoms with Crippen LogP contribution in [0, 0.1) is 11.3 Å². The molecule has 0 aromatic heterocycles. The Morgan fingerprint density at radius 3 is 2.14 bits per heavy atom. The van der Waals surface area contributed by atoms with E-state index in [4.69, 9.17) is 20.8 Å². The number of carbonyl (C=O) groups excluding carboxylic acids is 1. The van der Waals surface area contributed by atoms with Gasteiger partial charge in [-0.1, -0.05) is 32.4 Å². The topological polar surface area (TPSA) is 38.5 Å². The fourth-order valence-electron chi connectivity index (χ4n) is 2.48. The van der Waals surface area contributed by atoms with Crippen LogP contribution in [0.25, 0.3) is 0 Å². The third-order valence-corrected chi connectivity index (χ3v) is 4.76. The van der Waals surface area contributed by atoms with E-state index in [1.54, 1.807) is 4.90 Å². The summed E-state index contributed by atoms with van der Waals surface area (Å²) in [6.07, 6.45) is -0.257. The van der Waals surface area contributed by atoms with Gasteiger partial charge in [0.15, 0.2) is 9.04 Å². The quantitative estimate of drug-likeness (QED) is 0.445. The van der Waals surface area contributed by atoms with Crippen molar-refractivity contribution in [1.82, 2.24) is 4.90 Å². The van der Waals surface area contributed by atoms with E-state index in [0.29, 0.717) is 6.54 Å². The highest BCUT2D eigenvalue weighted by atomic mass is 35.5. The number of nitrogens with zero attached hydrogens (tertiary/aromatic N) is 1. The molecule has 0 spiro atoms. The molecule has 21 heavy (non-hydrogen) atoms. The molecule has 124 valence electrons. The molecule has 1 rings (SSSR count). The van der Waals surface area contributed by atoms with E-state index in [1.165, 1.54) is 0 Å². The number of carbonyl (C=O) groups is 1. The van der Waals surface area contributed by atoms with Crippen molar-refractivity contribution in [2.75, 3.05) is 6.54 Å². The third-order valence-electron chi connectivity index (χ3n) is 3.38. The van der Waals surface area contributed by atoms with Crippen molar-refractivity contribution in [2.24, 2.45) is 11.3 Å². The number of hydrogen-bond acceptors (Lipinski definition) is 3. The van der Waals surface area contributed by atoms with E-state index >= 15 is 0 Å². The van der Waals surface area contributed by atoms with Crippen molar-refractivity contribution < 1.29 is 14.0 Å². The monoisotopic (exact) mass is 335 g/mol. The molecule has 1 aliphatic heterocycles. The highest BCUT2D eigenvalue weighted by Gasteiger charge is 2.52. The molecule has 0 aromatic carbocycles. The molecule has 0 saturated carbocycles. The molecule has 1 aliphatic rings. The minimum atomic E-state index is -1.22. The minimum Gasteiger partial charge on any atom is -0.444 e. The van der Waals surface area contributed by atoms with Gasteiger partial charge in [-0.15, -0.1) is 0 Å². The van der Waals surface area contributed by atoms with Gasteiger partial charge < -0.3 is 14.1 Å². The summed E-state index contributed by atoms with van der Waals surface area (Å²) in [5, 5.41) is 0. The van der Waals surface area contributed by atoms with Gasteiger partial charge in [-0.05, 0) is 39.3 Å². The number of alkyl halides is 1. The molecular formula is C15H30ClNO3Si. The normalized spacial score (nSPS) is 22.2. The van der Waals surface area contributed by atoms with Crippen LogP contribution in [0.4, 0.5) is 4.79 Å². The van der Waals surface area contributed by atoms with Gasteiger partial charge in [0.25, 0.3) is 0 Å². The Kier molecular flexibility index (Phi) is 5.78. The Morgan fingerprint density at radius 2 is 1.76 bits per heavy atom. The highest BCUT2D eigenvalue weighted by molar-refractivity contribution is 6.49. The molecule has 0 radical (unpaired) electrons. The number of rotatable bonds is 4. The van der Waals surface area contributed by atoms with Crippen LogP contribution in [0.5, 0.6) is 0 Å². The summed E-state index contributed by atoms with van der Waals surface area (Å²) in [5.74, 6) is 0.0987. The lowest BCUT2D eigenvalue weighted by Gasteiger charge is -2.35. The first-order valence-electron chi connectivity index (χ1n) is 7.62. The molecule has 3 atom stereocenters. The Balaban J connectivity index is 2.74. The maximum Gasteiger partial charge on any atom is 0.410 e. The fraction of sp³-hybridized carbons (Fsp3) is 0.933. The first-order chi connectivity index (χ1) is 9.33. The zero-order valence-corrected chi connectivity index (χ0v) is 16.5. The molecule has 1 unspecified atom stereocenters. The van der Waals surface area contributed by atoms with Crippen LogP contribution in [0.1, 0.15) is 41.5 Å². The Bertz CT molecular complexity index is 376. The Hall–Kier alpha value is -0.263. The molecule has 0 aliphatic carbocycles. The number of ether oxygens (including phenoxy) is 1. The van der Waals surface area contributed by atoms with E-state index in [9.17, 15) is 4.79 Å². The second-order valence-corrected chi connectivity index (χ2v) is 10.9. The summed E-state index contributed by atoms with van der Waals surface area (Å²) in [6.45, 7) is 17.0. The van der Waals surface area contributed by atoms with Crippen LogP contribution in [0.2, 0.25) is 13.1 Å². The van der Waals surface area contributed by atoms with Crippen molar-refractivity contribution >= 4 is 26.7 Å². The SMILES string of the molecule is C[SiH](C)OC(Cl)[C@H]([C@@H]1CN1C(=O)OC(C)(C)C)C(C)(C)C. The first-order valence-corrected chi connectivity index (χ1v) is 10.8. The Labute approximate surface area is 135 Å². The zero-order chi connectivity index (χ0) is 16.6. The minimum absolute atomic E-state index is 0.0306. The summed E-state index contributed by atoms with van der Waals surface area (Å²) in [7, 11) is -1.22. The Morgan fingerprint density at radius 1 is 1.24 bits per heavy atom. The average molecular weight is 336 g/mol. The molecular weight excluding hydrogens is 306 g/mol. The molecule has 1 fully saturated rings. The van der Waals surface area contributed by atoms with Crippen molar-refractivity contribution in [3.63, 3.8) is 0 Å². The van der Waals surface area contributed by atoms with Gasteiger partial charge in [0.05, 0.1) is 6.04 Å². The number of halogens is 1. The van der Waals surface area contributed by atoms with Crippen molar-refractivity contribution in [3.8, 4) is 0 Å². The second-order valence-electron chi connectivity index (χ2n) is 8.13. The lowest BCUT2D eigenvalue weighted by molar-refractivity contribution is 0.0348. The molecule has 1 heterocycles. The summed E-state index contributed by atoms with van der Waals surface area (Å²) >= 11 is 6.50. The largest absolute Gasteiger partial charge is 0.444 e. The molecule has 6 heteroatoms. The first kappa shape index (κ1) is 18.8. The smallest absolute Gasteiger partial charge is 0.410 e. The van der Waals surface area contributed by atoms with Gasteiger partial charge in [0.1, 0.15) is 11.2 Å². The third kappa shape index (κ3) is 5.79. The van der Waals surface area contributed by atoms with Crippen LogP contribution in [0.3, 0.4) is 0 Å². The van der Waals surface area contributed by atoms with E-state index in [2.05, 4.69) is 33.9 Å². The van der Waals surface area contributed by atoms with Gasteiger partial charge >= 0.3 is 6.09 Å². The number of amides is 1. The zero-order valence-electron chi connectivity index (χ0n) is 14.6. The maximum atomic E-state index is 12.1. The predicted octanol–water partition coefficient (Wildman–Crippen LogP) is 3.83. The molecule has 0 aromatic rings. The van der Waals surface area contributed by atoms with Gasteiger partial charge in [0.2, 0.25) is 0 Å². The van der Waals surface area contributed by atoms with Gasteiger partial charge in [-0.25, -0.2) is 4.79 Å². The summed E-state index contributed by atoms with van der Waals surface area (Å²) in [5.41, 5.74) is -0.852. The van der Waals surface area contributed by atoms with Crippen LogP contribution in [0.15, 0.2) is 0 Å². The maximum absolute atomic E-state index is 12.1. The molecule has 0 N–H and O–H groups in total. The van der Waals surface area contributed by atoms with Crippen LogP contribution < -0.4 is 0 Å². The van der Waals surface area contributed by atoms with Crippen LogP contribution in [-0.2, 0) is 9.16 Å². The summed E-state index contributed by atoms with van der Waals surface area (Å²) in [4.78, 5) is 13.9. The van der Waals surface area contributed by atoms with Crippen molar-refractivity contribution in [2.45, 2.75) is 71.8 Å². The standard InChI is InChI=1S/C15H30ClNO3Si/c1-14(2,3)11(12(16)20-21(7)8)10-9-17(10)13(18)19-15(4,5)6/h10-12,21H,9H2,1-8H3/t10-,11-,12?,17?/m0/s1. The van der Waals surface area contributed by atoms with E-state index in [0.717, 1.165) is 0 Å². The van der Waals surface area contributed by atoms with Gasteiger partial charge in [-0.2, -0.15) is 0 Å². The molecule has 4 nitrogen and oxygen atoms in total. The van der Waals surface area contributed by atoms with Crippen molar-refractivity contribution in [1.29, 1.82) is 0 Å².